The molecule has 1 heterocycles. The maximum atomic E-state index is 13.0. The Morgan fingerprint density at radius 1 is 1.30 bits per heavy atom. The maximum absolute atomic E-state index is 13.0. The van der Waals surface area contributed by atoms with Crippen LogP contribution in [-0.2, 0) is 6.54 Å². The van der Waals surface area contributed by atoms with Gasteiger partial charge in [-0.3, -0.25) is 10.1 Å². The van der Waals surface area contributed by atoms with E-state index in [9.17, 15) is 24.4 Å². The molecule has 9 nitrogen and oxygen atoms in total. The van der Waals surface area contributed by atoms with Gasteiger partial charge in [0.05, 0.1) is 17.5 Å². The molecule has 0 aliphatic carbocycles. The predicted molar refractivity (Wildman–Crippen MR) is 90.8 cm³/mol. The van der Waals surface area contributed by atoms with Crippen molar-refractivity contribution >= 4 is 5.69 Å². The first-order chi connectivity index (χ1) is 12.9. The van der Waals surface area contributed by atoms with Crippen LogP contribution in [0.2, 0.25) is 0 Å². The fourth-order valence-electron chi connectivity index (χ4n) is 2.26. The Balaban J connectivity index is 1.63. The summed E-state index contributed by atoms with van der Waals surface area (Å²) in [5.41, 5.74) is 0.272. The van der Waals surface area contributed by atoms with Crippen LogP contribution in [0, 0.1) is 15.9 Å². The summed E-state index contributed by atoms with van der Waals surface area (Å²) in [5, 5.41) is 24.7. The van der Waals surface area contributed by atoms with Crippen LogP contribution in [0.4, 0.5) is 10.1 Å². The van der Waals surface area contributed by atoms with Gasteiger partial charge in [-0.1, -0.05) is 6.07 Å². The molecule has 0 fully saturated rings. The number of nitro groups is 1. The Bertz CT molecular complexity index is 998. The molecule has 1 N–H and O–H groups in total. The van der Waals surface area contributed by atoms with Crippen LogP contribution >= 0.6 is 0 Å². The molecule has 0 bridgehead atoms. The first kappa shape index (κ1) is 18.3. The van der Waals surface area contributed by atoms with E-state index < -0.39 is 22.6 Å². The van der Waals surface area contributed by atoms with E-state index in [1.165, 1.54) is 48.5 Å². The minimum absolute atomic E-state index is 0.00759. The highest BCUT2D eigenvalue weighted by Crippen LogP contribution is 2.19. The minimum atomic E-state index is -1.12. The Kier molecular flexibility index (Phi) is 5.27. The van der Waals surface area contributed by atoms with E-state index in [0.29, 0.717) is 5.56 Å². The van der Waals surface area contributed by atoms with E-state index in [2.05, 4.69) is 5.10 Å². The van der Waals surface area contributed by atoms with Gasteiger partial charge in [-0.15, -0.1) is 5.10 Å². The summed E-state index contributed by atoms with van der Waals surface area (Å²) in [6.45, 7) is -0.426. The molecule has 2 aromatic carbocycles. The number of benzene rings is 2. The van der Waals surface area contributed by atoms with Crippen molar-refractivity contribution in [2.75, 3.05) is 6.61 Å². The van der Waals surface area contributed by atoms with Crippen molar-refractivity contribution in [3.8, 4) is 17.2 Å². The highest BCUT2D eigenvalue weighted by Gasteiger charge is 2.15. The summed E-state index contributed by atoms with van der Waals surface area (Å²) in [6.07, 6.45) is -1.12. The zero-order chi connectivity index (χ0) is 19.4. The number of non-ortho nitro benzene ring substituents is 1. The van der Waals surface area contributed by atoms with Crippen molar-refractivity contribution in [3.63, 3.8) is 0 Å². The standard InChI is InChI=1S/C17H14FN3O6/c18-12-6-4-11(5-7-12)16-19-20(17(23)27-16)9-14(22)10-26-15-3-1-2-13(8-15)21(24)25/h1-8,14,22H,9-10H2/t14-/m1/s1. The predicted octanol–water partition coefficient (Wildman–Crippen LogP) is 1.99. The Morgan fingerprint density at radius 3 is 2.74 bits per heavy atom. The number of hydrogen-bond acceptors (Lipinski definition) is 7. The van der Waals surface area contributed by atoms with Crippen LogP contribution < -0.4 is 10.5 Å². The van der Waals surface area contributed by atoms with Crippen molar-refractivity contribution < 1.29 is 23.6 Å². The molecule has 1 aromatic heterocycles. The summed E-state index contributed by atoms with van der Waals surface area (Å²) in [4.78, 5) is 22.0. The highest BCUT2D eigenvalue weighted by atomic mass is 19.1. The molecule has 0 saturated heterocycles. The molecule has 0 unspecified atom stereocenters. The van der Waals surface area contributed by atoms with Crippen molar-refractivity contribution in [1.29, 1.82) is 0 Å². The smallest absolute Gasteiger partial charge is 0.437 e. The molecule has 10 heteroatoms. The van der Waals surface area contributed by atoms with Crippen LogP contribution in [-0.4, -0.2) is 32.5 Å². The molecule has 0 spiro atoms. The molecule has 0 saturated carbocycles. The third-order valence-electron chi connectivity index (χ3n) is 3.55. The van der Waals surface area contributed by atoms with E-state index in [1.807, 2.05) is 0 Å². The van der Waals surface area contributed by atoms with Crippen LogP contribution in [0.3, 0.4) is 0 Å². The number of aliphatic hydroxyl groups is 1. The van der Waals surface area contributed by atoms with Crippen molar-refractivity contribution in [2.45, 2.75) is 12.6 Å². The zero-order valence-corrected chi connectivity index (χ0v) is 13.8. The molecule has 27 heavy (non-hydrogen) atoms. The Labute approximate surface area is 151 Å². The number of aromatic nitrogens is 2. The Morgan fingerprint density at radius 2 is 2.04 bits per heavy atom. The van der Waals surface area contributed by atoms with Crippen molar-refractivity contribution in [2.24, 2.45) is 0 Å². The van der Waals surface area contributed by atoms with Gasteiger partial charge in [-0.25, -0.2) is 9.18 Å². The summed E-state index contributed by atoms with van der Waals surface area (Å²) >= 11 is 0. The fraction of sp³-hybridized carbons (Fsp3) is 0.176. The maximum Gasteiger partial charge on any atom is 0.437 e. The number of nitrogens with zero attached hydrogens (tertiary/aromatic N) is 3. The van der Waals surface area contributed by atoms with Crippen LogP contribution in [0.1, 0.15) is 0 Å². The molecule has 3 rings (SSSR count). The van der Waals surface area contributed by atoms with E-state index in [0.717, 1.165) is 4.68 Å². The lowest BCUT2D eigenvalue weighted by molar-refractivity contribution is -0.384. The second-order valence-electron chi connectivity index (χ2n) is 5.58. The van der Waals surface area contributed by atoms with Gasteiger partial charge >= 0.3 is 5.76 Å². The topological polar surface area (TPSA) is 121 Å². The van der Waals surface area contributed by atoms with Gasteiger partial charge < -0.3 is 14.3 Å². The lowest BCUT2D eigenvalue weighted by atomic mass is 10.2. The number of ether oxygens (including phenoxy) is 1. The average Bonchev–Trinajstić information content (AvgIpc) is 3.01. The third-order valence-corrected chi connectivity index (χ3v) is 3.55. The quantitative estimate of drug-likeness (QED) is 0.495. The molecule has 1 atom stereocenters. The summed E-state index contributed by atoms with van der Waals surface area (Å²) < 4.78 is 24.2. The normalized spacial score (nSPS) is 11.9. The number of aliphatic hydroxyl groups excluding tert-OH is 1. The number of rotatable bonds is 7. The molecule has 3 aromatic rings. The summed E-state index contributed by atoms with van der Waals surface area (Å²) in [5.74, 6) is -1.02. The van der Waals surface area contributed by atoms with Crippen LogP contribution in [0.25, 0.3) is 11.5 Å². The molecule has 140 valence electrons. The van der Waals surface area contributed by atoms with Crippen LogP contribution in [0.15, 0.2) is 57.7 Å². The largest absolute Gasteiger partial charge is 0.491 e. The number of halogens is 1. The monoisotopic (exact) mass is 375 g/mol. The highest BCUT2D eigenvalue weighted by molar-refractivity contribution is 5.51. The number of nitro benzene ring substituents is 1. The first-order valence-corrected chi connectivity index (χ1v) is 7.81. The second kappa shape index (κ2) is 7.79. The zero-order valence-electron chi connectivity index (χ0n) is 13.8. The molecule has 0 aliphatic heterocycles. The molecule has 0 amide bonds. The SMILES string of the molecule is O=c1oc(-c2ccc(F)cc2)nn1C[C@@H](O)COc1cccc([N+](=O)[O-])c1. The van der Waals surface area contributed by atoms with Gasteiger partial charge in [0.1, 0.15) is 24.3 Å². The minimum Gasteiger partial charge on any atom is -0.491 e. The van der Waals surface area contributed by atoms with E-state index >= 15 is 0 Å². The number of hydrogen-bond donors (Lipinski definition) is 1. The van der Waals surface area contributed by atoms with E-state index in [4.69, 9.17) is 9.15 Å². The fourth-order valence-corrected chi connectivity index (χ4v) is 2.26. The molecule has 0 aliphatic rings. The van der Waals surface area contributed by atoms with Crippen molar-refractivity contribution in [3.05, 3.63) is 75.0 Å². The van der Waals surface area contributed by atoms with Gasteiger partial charge in [-0.2, -0.15) is 4.68 Å². The lowest BCUT2D eigenvalue weighted by Gasteiger charge is -2.11. The van der Waals surface area contributed by atoms with Gasteiger partial charge in [0.15, 0.2) is 0 Å². The van der Waals surface area contributed by atoms with Gasteiger partial charge in [0.25, 0.3) is 5.69 Å². The van der Waals surface area contributed by atoms with E-state index in [-0.39, 0.29) is 30.5 Å². The van der Waals surface area contributed by atoms with Gasteiger partial charge in [0, 0.05) is 11.6 Å². The molecule has 0 radical (unpaired) electrons. The third kappa shape index (κ3) is 4.55. The Hall–Kier alpha value is -3.53. The first-order valence-electron chi connectivity index (χ1n) is 7.81. The van der Waals surface area contributed by atoms with E-state index in [1.54, 1.807) is 0 Å². The van der Waals surface area contributed by atoms with Gasteiger partial charge in [0.2, 0.25) is 5.89 Å². The second-order valence-corrected chi connectivity index (χ2v) is 5.58. The average molecular weight is 375 g/mol. The lowest BCUT2D eigenvalue weighted by Crippen LogP contribution is -2.29. The summed E-state index contributed by atoms with van der Waals surface area (Å²) in [7, 11) is 0. The van der Waals surface area contributed by atoms with Crippen LogP contribution in [0.5, 0.6) is 5.75 Å². The summed E-state index contributed by atoms with van der Waals surface area (Å²) in [6, 6.07) is 10.7. The molecular formula is C17H14FN3O6. The molecular weight excluding hydrogens is 361 g/mol. The van der Waals surface area contributed by atoms with Crippen molar-refractivity contribution in [1.82, 2.24) is 9.78 Å². The van der Waals surface area contributed by atoms with Gasteiger partial charge in [-0.05, 0) is 30.3 Å².